The Kier molecular flexibility index (Phi) is 5.67. The van der Waals surface area contributed by atoms with Crippen molar-refractivity contribution in [1.82, 2.24) is 4.90 Å². The Labute approximate surface area is 146 Å². The molecule has 0 amide bonds. The summed E-state index contributed by atoms with van der Waals surface area (Å²) in [7, 11) is 5.54. The maximum Gasteiger partial charge on any atom is 0.160 e. The molecule has 1 aliphatic carbocycles. The van der Waals surface area contributed by atoms with E-state index >= 15 is 0 Å². The molecule has 0 radical (unpaired) electrons. The van der Waals surface area contributed by atoms with Crippen molar-refractivity contribution < 1.29 is 14.2 Å². The first kappa shape index (κ1) is 17.6. The highest BCUT2D eigenvalue weighted by atomic mass is 16.5. The predicted molar refractivity (Wildman–Crippen MR) is 95.8 cm³/mol. The Morgan fingerprint density at radius 2 is 1.79 bits per heavy atom. The second-order valence-corrected chi connectivity index (χ2v) is 7.33. The predicted octanol–water partition coefficient (Wildman–Crippen LogP) is 3.74. The van der Waals surface area contributed by atoms with Gasteiger partial charge in [-0.3, -0.25) is 0 Å². The number of hydrogen-bond acceptors (Lipinski definition) is 4. The number of hydrogen-bond donors (Lipinski definition) is 0. The molecule has 4 heteroatoms. The molecule has 1 aromatic carbocycles. The van der Waals surface area contributed by atoms with E-state index in [1.54, 1.807) is 14.2 Å². The van der Waals surface area contributed by atoms with E-state index in [-0.39, 0.29) is 0 Å². The number of nitrogens with zero attached hydrogens (tertiary/aromatic N) is 1. The summed E-state index contributed by atoms with van der Waals surface area (Å²) < 4.78 is 16.0. The average Bonchev–Trinajstić information content (AvgIpc) is 3.23. The minimum atomic E-state index is 0.305. The van der Waals surface area contributed by atoms with E-state index in [2.05, 4.69) is 11.9 Å². The Bertz CT molecular complexity index is 504. The van der Waals surface area contributed by atoms with E-state index in [0.717, 1.165) is 30.1 Å². The zero-order valence-electron chi connectivity index (χ0n) is 15.3. The van der Waals surface area contributed by atoms with Crippen molar-refractivity contribution in [3.8, 4) is 11.5 Å². The number of benzene rings is 1. The van der Waals surface area contributed by atoms with E-state index in [4.69, 9.17) is 14.2 Å². The first-order valence-corrected chi connectivity index (χ1v) is 9.19. The smallest absolute Gasteiger partial charge is 0.160 e. The summed E-state index contributed by atoms with van der Waals surface area (Å²) in [6.07, 6.45) is 8.10. The summed E-state index contributed by atoms with van der Waals surface area (Å²) >= 11 is 0. The van der Waals surface area contributed by atoms with Crippen molar-refractivity contribution in [3.63, 3.8) is 0 Å². The summed E-state index contributed by atoms with van der Waals surface area (Å²) in [5.41, 5.74) is 0.305. The zero-order chi connectivity index (χ0) is 17.0. The quantitative estimate of drug-likeness (QED) is 0.825. The van der Waals surface area contributed by atoms with Gasteiger partial charge in [-0.25, -0.2) is 0 Å². The van der Waals surface area contributed by atoms with E-state index < -0.39 is 0 Å². The largest absolute Gasteiger partial charge is 0.493 e. The van der Waals surface area contributed by atoms with Gasteiger partial charge in [-0.2, -0.15) is 0 Å². The Balaban J connectivity index is 0.000000150. The van der Waals surface area contributed by atoms with Gasteiger partial charge in [-0.1, -0.05) is 12.1 Å². The lowest BCUT2D eigenvalue weighted by Crippen LogP contribution is -2.44. The molecule has 0 N–H and O–H groups in total. The third-order valence-corrected chi connectivity index (χ3v) is 5.99. The zero-order valence-corrected chi connectivity index (χ0v) is 15.3. The van der Waals surface area contributed by atoms with Gasteiger partial charge in [0.2, 0.25) is 0 Å². The minimum absolute atomic E-state index is 0.305. The Morgan fingerprint density at radius 3 is 2.38 bits per heavy atom. The summed E-state index contributed by atoms with van der Waals surface area (Å²) in [6, 6.07) is 8.36. The molecule has 2 heterocycles. The molecule has 134 valence electrons. The van der Waals surface area contributed by atoms with Crippen molar-refractivity contribution in [2.45, 2.75) is 50.2 Å². The minimum Gasteiger partial charge on any atom is -0.493 e. The van der Waals surface area contributed by atoms with Crippen LogP contribution in [0.4, 0.5) is 0 Å². The number of para-hydroxylation sites is 2. The number of rotatable bonds is 2. The molecule has 1 saturated carbocycles. The maximum atomic E-state index is 6.01. The van der Waals surface area contributed by atoms with Gasteiger partial charge in [-0.05, 0) is 70.2 Å². The molecule has 3 aliphatic rings. The highest BCUT2D eigenvalue weighted by molar-refractivity contribution is 5.39. The molecule has 4 rings (SSSR count). The highest BCUT2D eigenvalue weighted by Gasteiger charge is 2.46. The summed E-state index contributed by atoms with van der Waals surface area (Å²) in [5, 5.41) is 0. The molecule has 3 fully saturated rings. The molecule has 2 saturated heterocycles. The van der Waals surface area contributed by atoms with E-state index in [0.29, 0.717) is 5.60 Å². The van der Waals surface area contributed by atoms with Crippen LogP contribution in [0.2, 0.25) is 0 Å². The molecule has 3 atom stereocenters. The normalized spacial score (nSPS) is 32.1. The molecule has 24 heavy (non-hydrogen) atoms. The molecular formula is C20H31NO3. The van der Waals surface area contributed by atoms with Crippen molar-refractivity contribution in [2.75, 3.05) is 34.4 Å². The third kappa shape index (κ3) is 3.70. The van der Waals surface area contributed by atoms with Gasteiger partial charge in [0.05, 0.1) is 19.8 Å². The Hall–Kier alpha value is -1.26. The van der Waals surface area contributed by atoms with E-state index in [1.807, 2.05) is 24.3 Å². The van der Waals surface area contributed by atoms with Crippen LogP contribution < -0.4 is 9.47 Å². The van der Waals surface area contributed by atoms with Gasteiger partial charge < -0.3 is 19.1 Å². The fourth-order valence-electron chi connectivity index (χ4n) is 4.58. The van der Waals surface area contributed by atoms with Crippen LogP contribution in [0, 0.1) is 5.92 Å². The topological polar surface area (TPSA) is 30.9 Å². The molecule has 0 aromatic heterocycles. The number of likely N-dealkylation sites (tertiary alicyclic amines) is 1. The van der Waals surface area contributed by atoms with Crippen molar-refractivity contribution in [2.24, 2.45) is 5.92 Å². The standard InChI is InChI=1S/C12H21NO.C8H10O2/c1-13-7-4-10-3-6-12(9-11(10)13)5-2-8-14-12;1-9-7-5-3-4-6-8(7)10-2/h10-11H,2-9H2,1H3;3-6H,1-2H3. The van der Waals surface area contributed by atoms with Gasteiger partial charge in [0.1, 0.15) is 0 Å². The second-order valence-electron chi connectivity index (χ2n) is 7.33. The molecule has 3 unspecified atom stereocenters. The van der Waals surface area contributed by atoms with Gasteiger partial charge in [-0.15, -0.1) is 0 Å². The number of ether oxygens (including phenoxy) is 3. The highest BCUT2D eigenvalue weighted by Crippen LogP contribution is 2.45. The van der Waals surface area contributed by atoms with Crippen LogP contribution in [0.25, 0.3) is 0 Å². The lowest BCUT2D eigenvalue weighted by molar-refractivity contribution is -0.0514. The van der Waals surface area contributed by atoms with E-state index in [9.17, 15) is 0 Å². The maximum absolute atomic E-state index is 6.01. The summed E-state index contributed by atoms with van der Waals surface area (Å²) in [6.45, 7) is 2.33. The molecule has 0 bridgehead atoms. The third-order valence-electron chi connectivity index (χ3n) is 5.99. The van der Waals surface area contributed by atoms with Crippen molar-refractivity contribution in [1.29, 1.82) is 0 Å². The molecule has 4 nitrogen and oxygen atoms in total. The van der Waals surface area contributed by atoms with Crippen molar-refractivity contribution in [3.05, 3.63) is 24.3 Å². The van der Waals surface area contributed by atoms with Crippen LogP contribution >= 0.6 is 0 Å². The molecule has 1 spiro atoms. The molecule has 1 aromatic rings. The van der Waals surface area contributed by atoms with Gasteiger partial charge in [0, 0.05) is 12.6 Å². The van der Waals surface area contributed by atoms with Crippen LogP contribution in [-0.4, -0.2) is 51.0 Å². The first-order valence-electron chi connectivity index (χ1n) is 9.19. The monoisotopic (exact) mass is 333 g/mol. The fraction of sp³-hybridized carbons (Fsp3) is 0.700. The fourth-order valence-corrected chi connectivity index (χ4v) is 4.58. The van der Waals surface area contributed by atoms with Crippen LogP contribution in [0.5, 0.6) is 11.5 Å². The molecular weight excluding hydrogens is 302 g/mol. The number of methoxy groups -OCH3 is 2. The number of fused-ring (bicyclic) bond motifs is 1. The lowest BCUT2D eigenvalue weighted by atomic mass is 9.74. The van der Waals surface area contributed by atoms with Gasteiger partial charge >= 0.3 is 0 Å². The van der Waals surface area contributed by atoms with Crippen molar-refractivity contribution >= 4 is 0 Å². The van der Waals surface area contributed by atoms with Crippen LogP contribution in [-0.2, 0) is 4.74 Å². The summed E-state index contributed by atoms with van der Waals surface area (Å²) in [5.74, 6) is 2.52. The van der Waals surface area contributed by atoms with Gasteiger partial charge in [0.25, 0.3) is 0 Å². The lowest BCUT2D eigenvalue weighted by Gasteiger charge is -2.41. The van der Waals surface area contributed by atoms with Crippen LogP contribution in [0.3, 0.4) is 0 Å². The SMILES string of the molecule is CN1CCC2CCC3(CCCO3)CC21.COc1ccccc1OC. The van der Waals surface area contributed by atoms with Crippen LogP contribution in [0.15, 0.2) is 24.3 Å². The Morgan fingerprint density at radius 1 is 1.08 bits per heavy atom. The molecule has 2 aliphatic heterocycles. The van der Waals surface area contributed by atoms with Gasteiger partial charge in [0.15, 0.2) is 11.5 Å². The first-order chi connectivity index (χ1) is 11.7. The summed E-state index contributed by atoms with van der Waals surface area (Å²) in [4.78, 5) is 2.56. The van der Waals surface area contributed by atoms with Crippen LogP contribution in [0.1, 0.15) is 38.5 Å². The second kappa shape index (κ2) is 7.75. The van der Waals surface area contributed by atoms with E-state index in [1.165, 1.54) is 45.1 Å². The average molecular weight is 333 g/mol.